The van der Waals surface area contributed by atoms with E-state index in [9.17, 15) is 8.42 Å². The third-order valence-corrected chi connectivity index (χ3v) is 4.94. The highest BCUT2D eigenvalue weighted by atomic mass is 35.5. The number of nitrogens with zero attached hydrogens (tertiary/aromatic N) is 2. The summed E-state index contributed by atoms with van der Waals surface area (Å²) in [6.45, 7) is 0.125. The highest BCUT2D eigenvalue weighted by molar-refractivity contribution is 7.89. The Morgan fingerprint density at radius 1 is 1.29 bits per heavy atom. The second-order valence-electron chi connectivity index (χ2n) is 5.09. The van der Waals surface area contributed by atoms with Gasteiger partial charge >= 0.3 is 0 Å². The fraction of sp³-hybridized carbons (Fsp3) is 0.143. The Kier molecular flexibility index (Phi) is 4.64. The van der Waals surface area contributed by atoms with Gasteiger partial charge in [0.05, 0.1) is 27.5 Å². The average molecular weight is 386 g/mol. The number of rotatable bonds is 5. The van der Waals surface area contributed by atoms with Crippen LogP contribution in [-0.4, -0.2) is 35.9 Å². The monoisotopic (exact) mass is 385 g/mol. The topological polar surface area (TPSA) is 114 Å². The number of nitrogens with two attached hydrogens (primary N) is 1. The molecule has 0 radical (unpaired) electrons. The number of primary sulfonamides is 1. The van der Waals surface area contributed by atoms with Crippen LogP contribution in [0.5, 0.6) is 0 Å². The van der Waals surface area contributed by atoms with Gasteiger partial charge in [0.25, 0.3) is 0 Å². The quantitative estimate of drug-likeness (QED) is 0.624. The number of fused-ring (bicyclic) bond motifs is 1. The van der Waals surface area contributed by atoms with Gasteiger partial charge in [0.2, 0.25) is 10.0 Å². The minimum atomic E-state index is -3.56. The summed E-state index contributed by atoms with van der Waals surface area (Å²) in [5, 5.41) is 16.2. The van der Waals surface area contributed by atoms with Crippen molar-refractivity contribution in [1.29, 1.82) is 0 Å². The molecule has 0 fully saturated rings. The predicted octanol–water partition coefficient (Wildman–Crippen LogP) is 2.63. The molecule has 3 rings (SSSR count). The van der Waals surface area contributed by atoms with Crippen molar-refractivity contribution in [2.45, 2.75) is 0 Å². The lowest BCUT2D eigenvalue weighted by atomic mass is 10.0. The number of benzene rings is 1. The SMILES string of the molecule is NS(=O)(=O)CCNc1cc(-c2cn[nH]c2)c2ccc(Cl)c(Cl)c2n1. The second kappa shape index (κ2) is 6.56. The number of halogens is 2. The Hall–Kier alpha value is -1.87. The largest absolute Gasteiger partial charge is 0.369 e. The maximum absolute atomic E-state index is 11.1. The molecule has 2 aromatic heterocycles. The van der Waals surface area contributed by atoms with Crippen molar-refractivity contribution >= 4 is 49.9 Å². The predicted molar refractivity (Wildman–Crippen MR) is 95.8 cm³/mol. The van der Waals surface area contributed by atoms with Crippen LogP contribution in [0.25, 0.3) is 22.0 Å². The van der Waals surface area contributed by atoms with Gasteiger partial charge in [-0.3, -0.25) is 5.10 Å². The van der Waals surface area contributed by atoms with E-state index in [4.69, 9.17) is 28.3 Å². The van der Waals surface area contributed by atoms with Crippen LogP contribution in [0.3, 0.4) is 0 Å². The molecule has 0 saturated heterocycles. The lowest BCUT2D eigenvalue weighted by Gasteiger charge is -2.11. The van der Waals surface area contributed by atoms with E-state index in [1.807, 2.05) is 6.07 Å². The van der Waals surface area contributed by atoms with Gasteiger partial charge in [-0.1, -0.05) is 29.3 Å². The Balaban J connectivity index is 2.09. The van der Waals surface area contributed by atoms with Crippen molar-refractivity contribution in [2.75, 3.05) is 17.6 Å². The van der Waals surface area contributed by atoms with Crippen LogP contribution in [-0.2, 0) is 10.0 Å². The molecule has 0 saturated carbocycles. The maximum Gasteiger partial charge on any atom is 0.210 e. The van der Waals surface area contributed by atoms with Crippen molar-refractivity contribution in [3.8, 4) is 11.1 Å². The number of aromatic nitrogens is 3. The number of H-pyrrole nitrogens is 1. The number of aromatic amines is 1. The Morgan fingerprint density at radius 2 is 2.08 bits per heavy atom. The molecular weight excluding hydrogens is 373 g/mol. The number of hydrogen-bond acceptors (Lipinski definition) is 5. The van der Waals surface area contributed by atoms with Crippen molar-refractivity contribution < 1.29 is 8.42 Å². The first-order valence-electron chi connectivity index (χ1n) is 6.87. The van der Waals surface area contributed by atoms with Gasteiger partial charge in [-0.25, -0.2) is 18.5 Å². The molecule has 0 spiro atoms. The Morgan fingerprint density at radius 3 is 2.75 bits per heavy atom. The third kappa shape index (κ3) is 3.62. The summed E-state index contributed by atoms with van der Waals surface area (Å²) in [5.74, 6) is 0.253. The summed E-state index contributed by atoms with van der Waals surface area (Å²) in [4.78, 5) is 4.43. The minimum Gasteiger partial charge on any atom is -0.369 e. The van der Waals surface area contributed by atoms with Gasteiger partial charge < -0.3 is 5.32 Å². The van der Waals surface area contributed by atoms with E-state index in [2.05, 4.69) is 20.5 Å². The van der Waals surface area contributed by atoms with E-state index in [1.165, 1.54) is 0 Å². The molecule has 0 amide bonds. The van der Waals surface area contributed by atoms with Crippen LogP contribution in [0.4, 0.5) is 5.82 Å². The Bertz CT molecular complexity index is 990. The van der Waals surface area contributed by atoms with Gasteiger partial charge in [-0.05, 0) is 17.7 Å². The minimum absolute atomic E-state index is 0.125. The molecule has 3 aromatic rings. The fourth-order valence-electron chi connectivity index (χ4n) is 2.28. The molecule has 0 bridgehead atoms. The average Bonchev–Trinajstić information content (AvgIpc) is 3.03. The first-order chi connectivity index (χ1) is 11.3. The molecule has 7 nitrogen and oxygen atoms in total. The van der Waals surface area contributed by atoms with Crippen LogP contribution < -0.4 is 10.5 Å². The normalized spacial score (nSPS) is 11.8. The molecule has 0 aliphatic carbocycles. The van der Waals surface area contributed by atoms with E-state index in [0.29, 0.717) is 21.4 Å². The standard InChI is InChI=1S/C14H13Cl2N5O2S/c15-11-2-1-9-10(8-6-19-20-7-8)5-12(21-14(9)13(11)16)18-3-4-24(17,22)23/h1-2,5-7H,3-4H2,(H,18,21)(H,19,20)(H2,17,22,23). The van der Waals surface area contributed by atoms with Crippen LogP contribution in [0.15, 0.2) is 30.6 Å². The van der Waals surface area contributed by atoms with Gasteiger partial charge in [-0.2, -0.15) is 5.10 Å². The number of nitrogens with one attached hydrogen (secondary N) is 2. The number of pyridine rings is 1. The summed E-state index contributed by atoms with van der Waals surface area (Å²) < 4.78 is 22.1. The number of anilines is 1. The molecule has 4 N–H and O–H groups in total. The zero-order valence-corrected chi connectivity index (χ0v) is 14.6. The summed E-state index contributed by atoms with van der Waals surface area (Å²) in [6.07, 6.45) is 3.41. The summed E-state index contributed by atoms with van der Waals surface area (Å²) in [7, 11) is -3.56. The molecule has 126 valence electrons. The summed E-state index contributed by atoms with van der Waals surface area (Å²) in [6, 6.07) is 5.32. The highest BCUT2D eigenvalue weighted by Gasteiger charge is 2.13. The van der Waals surface area contributed by atoms with Crippen LogP contribution in [0.2, 0.25) is 10.0 Å². The first kappa shape index (κ1) is 17.0. The molecule has 0 aliphatic heterocycles. The molecule has 0 aliphatic rings. The highest BCUT2D eigenvalue weighted by Crippen LogP contribution is 2.36. The third-order valence-electron chi connectivity index (χ3n) is 3.37. The zero-order valence-electron chi connectivity index (χ0n) is 12.3. The van der Waals surface area contributed by atoms with Gasteiger partial charge in [0.15, 0.2) is 0 Å². The lowest BCUT2D eigenvalue weighted by molar-refractivity contribution is 0.598. The smallest absolute Gasteiger partial charge is 0.210 e. The van der Waals surface area contributed by atoms with Crippen molar-refractivity contribution in [3.63, 3.8) is 0 Å². The van der Waals surface area contributed by atoms with Crippen LogP contribution in [0.1, 0.15) is 0 Å². The summed E-state index contributed by atoms with van der Waals surface area (Å²) >= 11 is 12.4. The van der Waals surface area contributed by atoms with Gasteiger partial charge in [-0.15, -0.1) is 0 Å². The molecule has 2 heterocycles. The molecule has 10 heteroatoms. The van der Waals surface area contributed by atoms with Gasteiger partial charge in [0.1, 0.15) is 5.82 Å². The van der Waals surface area contributed by atoms with E-state index in [0.717, 1.165) is 16.5 Å². The van der Waals surface area contributed by atoms with Crippen molar-refractivity contribution in [3.05, 3.63) is 40.6 Å². The van der Waals surface area contributed by atoms with E-state index in [1.54, 1.807) is 24.5 Å². The number of hydrogen-bond donors (Lipinski definition) is 3. The molecule has 0 unspecified atom stereocenters. The first-order valence-corrected chi connectivity index (χ1v) is 9.34. The molecule has 24 heavy (non-hydrogen) atoms. The number of sulfonamides is 1. The van der Waals surface area contributed by atoms with Crippen LogP contribution in [0, 0.1) is 0 Å². The van der Waals surface area contributed by atoms with E-state index >= 15 is 0 Å². The zero-order chi connectivity index (χ0) is 17.3. The van der Waals surface area contributed by atoms with Crippen molar-refractivity contribution in [2.24, 2.45) is 5.14 Å². The molecule has 1 aromatic carbocycles. The molecular formula is C14H13Cl2N5O2S. The van der Waals surface area contributed by atoms with Gasteiger partial charge in [0, 0.05) is 23.7 Å². The van der Waals surface area contributed by atoms with Crippen molar-refractivity contribution in [1.82, 2.24) is 15.2 Å². The van der Waals surface area contributed by atoms with E-state index < -0.39 is 10.0 Å². The lowest BCUT2D eigenvalue weighted by Crippen LogP contribution is -2.22. The fourth-order valence-corrected chi connectivity index (χ4v) is 3.03. The summed E-state index contributed by atoms with van der Waals surface area (Å²) in [5.41, 5.74) is 2.20. The van der Waals surface area contributed by atoms with Crippen LogP contribution >= 0.6 is 23.2 Å². The Labute approximate surface area is 148 Å². The molecule has 0 atom stereocenters. The maximum atomic E-state index is 11.1. The second-order valence-corrected chi connectivity index (χ2v) is 7.61. The van der Waals surface area contributed by atoms with E-state index in [-0.39, 0.29) is 12.3 Å².